The molecule has 0 aromatic carbocycles. The molecule has 88 valence electrons. The van der Waals surface area contributed by atoms with Gasteiger partial charge in [0, 0.05) is 24.5 Å². The van der Waals surface area contributed by atoms with Crippen molar-refractivity contribution in [1.29, 1.82) is 0 Å². The molecule has 0 spiro atoms. The first kappa shape index (κ1) is 12.6. The Kier molecular flexibility index (Phi) is 3.98. The van der Waals surface area contributed by atoms with E-state index in [0.717, 1.165) is 0 Å². The highest BCUT2D eigenvalue weighted by molar-refractivity contribution is 5.80. The van der Waals surface area contributed by atoms with Gasteiger partial charge in [-0.15, -0.1) is 0 Å². The highest BCUT2D eigenvalue weighted by atomic mass is 16.4. The number of nitrogens with one attached hydrogen (secondary N) is 1. The Morgan fingerprint density at radius 1 is 1.69 bits per heavy atom. The summed E-state index contributed by atoms with van der Waals surface area (Å²) in [7, 11) is 0. The Balaban J connectivity index is 2.93. The van der Waals surface area contributed by atoms with Gasteiger partial charge in [0.15, 0.2) is 0 Å². The quantitative estimate of drug-likeness (QED) is 0.672. The van der Waals surface area contributed by atoms with Crippen molar-refractivity contribution in [3.63, 3.8) is 0 Å². The standard InChI is InChI=1S/C11H16N2O3/c1-8(14)6-13-11(2,10(15)16)9-4-3-5-12-7-9/h3-5,7-8,13-14H,6H2,1-2H3,(H,15,16). The topological polar surface area (TPSA) is 82.5 Å². The van der Waals surface area contributed by atoms with E-state index in [4.69, 9.17) is 0 Å². The molecule has 0 saturated carbocycles. The molecule has 1 heterocycles. The molecule has 1 aromatic rings. The minimum Gasteiger partial charge on any atom is -0.480 e. The van der Waals surface area contributed by atoms with Crippen LogP contribution in [0.2, 0.25) is 0 Å². The fraction of sp³-hybridized carbons (Fsp3) is 0.455. The lowest BCUT2D eigenvalue weighted by Crippen LogP contribution is -2.49. The molecule has 0 saturated heterocycles. The van der Waals surface area contributed by atoms with Crippen molar-refractivity contribution in [2.24, 2.45) is 0 Å². The van der Waals surface area contributed by atoms with Gasteiger partial charge in [0.25, 0.3) is 0 Å². The van der Waals surface area contributed by atoms with Gasteiger partial charge in [0.2, 0.25) is 0 Å². The number of aromatic nitrogens is 1. The summed E-state index contributed by atoms with van der Waals surface area (Å²) in [6.07, 6.45) is 2.49. The highest BCUT2D eigenvalue weighted by Gasteiger charge is 2.35. The number of aliphatic hydroxyl groups is 1. The van der Waals surface area contributed by atoms with Crippen molar-refractivity contribution >= 4 is 5.97 Å². The molecular weight excluding hydrogens is 208 g/mol. The highest BCUT2D eigenvalue weighted by Crippen LogP contribution is 2.19. The molecule has 0 aliphatic heterocycles. The Hall–Kier alpha value is -1.46. The number of carbonyl (C=O) groups is 1. The van der Waals surface area contributed by atoms with E-state index in [1.165, 1.54) is 6.20 Å². The van der Waals surface area contributed by atoms with Crippen LogP contribution in [0.4, 0.5) is 0 Å². The van der Waals surface area contributed by atoms with E-state index in [9.17, 15) is 15.0 Å². The number of pyridine rings is 1. The van der Waals surface area contributed by atoms with Crippen LogP contribution in [0.15, 0.2) is 24.5 Å². The lowest BCUT2D eigenvalue weighted by atomic mass is 9.93. The van der Waals surface area contributed by atoms with Gasteiger partial charge in [0.05, 0.1) is 6.10 Å². The van der Waals surface area contributed by atoms with E-state index in [1.807, 2.05) is 0 Å². The Labute approximate surface area is 94.1 Å². The fourth-order valence-electron chi connectivity index (χ4n) is 1.31. The summed E-state index contributed by atoms with van der Waals surface area (Å²) >= 11 is 0. The van der Waals surface area contributed by atoms with Gasteiger partial charge in [-0.25, -0.2) is 4.79 Å². The third-order valence-corrected chi connectivity index (χ3v) is 2.42. The van der Waals surface area contributed by atoms with Gasteiger partial charge in [-0.1, -0.05) is 6.07 Å². The van der Waals surface area contributed by atoms with E-state index in [0.29, 0.717) is 5.56 Å². The van der Waals surface area contributed by atoms with Crippen LogP contribution in [-0.4, -0.2) is 33.8 Å². The smallest absolute Gasteiger partial charge is 0.328 e. The monoisotopic (exact) mass is 224 g/mol. The van der Waals surface area contributed by atoms with Crippen molar-refractivity contribution < 1.29 is 15.0 Å². The second-order valence-corrected chi connectivity index (χ2v) is 3.90. The summed E-state index contributed by atoms with van der Waals surface area (Å²) in [4.78, 5) is 15.2. The van der Waals surface area contributed by atoms with E-state index < -0.39 is 17.6 Å². The first-order valence-corrected chi connectivity index (χ1v) is 5.04. The molecule has 5 nitrogen and oxygen atoms in total. The molecule has 2 unspecified atom stereocenters. The van der Waals surface area contributed by atoms with Crippen molar-refractivity contribution in [2.45, 2.75) is 25.5 Å². The number of rotatable bonds is 5. The molecule has 0 radical (unpaired) electrons. The van der Waals surface area contributed by atoms with Crippen LogP contribution in [0, 0.1) is 0 Å². The summed E-state index contributed by atoms with van der Waals surface area (Å²) in [5, 5.41) is 21.2. The van der Waals surface area contributed by atoms with Crippen LogP contribution in [0.25, 0.3) is 0 Å². The maximum Gasteiger partial charge on any atom is 0.328 e. The van der Waals surface area contributed by atoms with Crippen molar-refractivity contribution in [1.82, 2.24) is 10.3 Å². The summed E-state index contributed by atoms with van der Waals surface area (Å²) < 4.78 is 0. The number of hydrogen-bond acceptors (Lipinski definition) is 4. The van der Waals surface area contributed by atoms with Crippen LogP contribution in [-0.2, 0) is 10.3 Å². The van der Waals surface area contributed by atoms with Gasteiger partial charge in [-0.2, -0.15) is 0 Å². The average molecular weight is 224 g/mol. The predicted molar refractivity (Wildman–Crippen MR) is 58.9 cm³/mol. The van der Waals surface area contributed by atoms with E-state index in [-0.39, 0.29) is 6.54 Å². The zero-order chi connectivity index (χ0) is 12.2. The number of nitrogens with zero attached hydrogens (tertiary/aromatic N) is 1. The maximum atomic E-state index is 11.3. The Morgan fingerprint density at radius 3 is 2.81 bits per heavy atom. The maximum absolute atomic E-state index is 11.3. The molecule has 0 aliphatic carbocycles. The molecule has 0 aliphatic rings. The van der Waals surface area contributed by atoms with Crippen LogP contribution in [0.5, 0.6) is 0 Å². The summed E-state index contributed by atoms with van der Waals surface area (Å²) in [5.74, 6) is -0.999. The van der Waals surface area contributed by atoms with Crippen molar-refractivity contribution in [2.75, 3.05) is 6.54 Å². The SMILES string of the molecule is CC(O)CNC(C)(C(=O)O)c1cccnc1. The normalized spacial score (nSPS) is 16.4. The lowest BCUT2D eigenvalue weighted by molar-refractivity contribution is -0.144. The average Bonchev–Trinajstić information content (AvgIpc) is 2.26. The largest absolute Gasteiger partial charge is 0.480 e. The molecular formula is C11H16N2O3. The molecule has 0 bridgehead atoms. The molecule has 5 heteroatoms. The molecule has 1 aromatic heterocycles. The Morgan fingerprint density at radius 2 is 2.38 bits per heavy atom. The first-order valence-electron chi connectivity index (χ1n) is 5.04. The zero-order valence-electron chi connectivity index (χ0n) is 9.34. The van der Waals surface area contributed by atoms with Gasteiger partial charge in [-0.3, -0.25) is 10.3 Å². The van der Waals surface area contributed by atoms with Crippen LogP contribution < -0.4 is 5.32 Å². The third-order valence-electron chi connectivity index (χ3n) is 2.42. The second kappa shape index (κ2) is 5.05. The van der Waals surface area contributed by atoms with Crippen molar-refractivity contribution in [3.8, 4) is 0 Å². The third kappa shape index (κ3) is 2.77. The zero-order valence-corrected chi connectivity index (χ0v) is 9.34. The molecule has 1 rings (SSSR count). The molecule has 2 atom stereocenters. The number of carboxylic acids is 1. The summed E-state index contributed by atoms with van der Waals surface area (Å²) in [5.41, 5.74) is -0.672. The number of aliphatic carboxylic acids is 1. The first-order chi connectivity index (χ1) is 7.47. The fourth-order valence-corrected chi connectivity index (χ4v) is 1.31. The van der Waals surface area contributed by atoms with Gasteiger partial charge < -0.3 is 10.2 Å². The molecule has 0 amide bonds. The second-order valence-electron chi connectivity index (χ2n) is 3.90. The van der Waals surface area contributed by atoms with Crippen molar-refractivity contribution in [3.05, 3.63) is 30.1 Å². The lowest BCUT2D eigenvalue weighted by Gasteiger charge is -2.27. The molecule has 3 N–H and O–H groups in total. The van der Waals surface area contributed by atoms with Gasteiger partial charge in [0.1, 0.15) is 5.54 Å². The van der Waals surface area contributed by atoms with E-state index in [2.05, 4.69) is 10.3 Å². The predicted octanol–water partition coefficient (Wildman–Crippen LogP) is 0.352. The van der Waals surface area contributed by atoms with E-state index in [1.54, 1.807) is 32.2 Å². The summed E-state index contributed by atoms with van der Waals surface area (Å²) in [6.45, 7) is 3.35. The minimum atomic E-state index is -1.23. The van der Waals surface area contributed by atoms with Crippen LogP contribution in [0.3, 0.4) is 0 Å². The van der Waals surface area contributed by atoms with Gasteiger partial charge in [-0.05, 0) is 19.9 Å². The molecule has 0 fully saturated rings. The van der Waals surface area contributed by atoms with E-state index >= 15 is 0 Å². The number of aliphatic hydroxyl groups excluding tert-OH is 1. The van der Waals surface area contributed by atoms with Crippen LogP contribution in [0.1, 0.15) is 19.4 Å². The minimum absolute atomic E-state index is 0.206. The molecule has 16 heavy (non-hydrogen) atoms. The summed E-state index contributed by atoms with van der Waals surface area (Å²) in [6, 6.07) is 3.37. The van der Waals surface area contributed by atoms with Crippen LogP contribution >= 0.6 is 0 Å². The number of carboxylic acid groups (broad SMARTS) is 1. The number of hydrogen-bond donors (Lipinski definition) is 3. The Bertz CT molecular complexity index is 354. The van der Waals surface area contributed by atoms with Gasteiger partial charge >= 0.3 is 5.97 Å².